The van der Waals surface area contributed by atoms with Gasteiger partial charge in [0.2, 0.25) is 5.88 Å². The molecule has 0 unspecified atom stereocenters. The zero-order valence-electron chi connectivity index (χ0n) is 12.4. The number of benzene rings is 1. The molecular formula is C16H18N4O2. The van der Waals surface area contributed by atoms with Crippen LogP contribution in [-0.2, 0) is 13.1 Å². The Balaban J connectivity index is 1.82. The van der Waals surface area contributed by atoms with Crippen molar-refractivity contribution >= 4 is 0 Å². The highest BCUT2D eigenvalue weighted by molar-refractivity contribution is 5.64. The van der Waals surface area contributed by atoms with Gasteiger partial charge >= 0.3 is 5.69 Å². The van der Waals surface area contributed by atoms with Gasteiger partial charge < -0.3 is 9.67 Å². The highest BCUT2D eigenvalue weighted by Gasteiger charge is 2.14. The molecule has 0 radical (unpaired) electrons. The number of imidazole rings is 2. The average molecular weight is 298 g/mol. The Morgan fingerprint density at radius 1 is 1.23 bits per heavy atom. The minimum Gasteiger partial charge on any atom is -0.493 e. The van der Waals surface area contributed by atoms with Crippen molar-refractivity contribution in [2.24, 2.45) is 0 Å². The van der Waals surface area contributed by atoms with Crippen molar-refractivity contribution in [3.8, 4) is 17.1 Å². The van der Waals surface area contributed by atoms with Crippen LogP contribution >= 0.6 is 0 Å². The standard InChI is InChI=1S/C16H18N4O2/c1-12-10-17-11-19(12)8-5-9-20-14(15(21)18-16(20)22)13-6-3-2-4-7-13/h2-4,6-7,10-11,21H,5,8-9H2,1H3,(H,18,22). The highest BCUT2D eigenvalue weighted by atomic mass is 16.3. The molecule has 0 aliphatic carbocycles. The number of H-pyrrole nitrogens is 1. The average Bonchev–Trinajstić information content (AvgIpc) is 3.04. The van der Waals surface area contributed by atoms with Crippen LogP contribution in [0.3, 0.4) is 0 Å². The maximum atomic E-state index is 12.0. The van der Waals surface area contributed by atoms with E-state index in [4.69, 9.17) is 0 Å². The van der Waals surface area contributed by atoms with Crippen LogP contribution in [0.1, 0.15) is 12.1 Å². The number of rotatable bonds is 5. The molecule has 0 saturated heterocycles. The monoisotopic (exact) mass is 298 g/mol. The van der Waals surface area contributed by atoms with Crippen molar-refractivity contribution in [2.75, 3.05) is 0 Å². The maximum Gasteiger partial charge on any atom is 0.328 e. The topological polar surface area (TPSA) is 75.8 Å². The number of aromatic nitrogens is 4. The Morgan fingerprint density at radius 2 is 2.00 bits per heavy atom. The first-order chi connectivity index (χ1) is 10.7. The first-order valence-electron chi connectivity index (χ1n) is 7.20. The van der Waals surface area contributed by atoms with Crippen LogP contribution < -0.4 is 5.69 Å². The van der Waals surface area contributed by atoms with Gasteiger partial charge in [0.25, 0.3) is 0 Å². The molecule has 0 aliphatic heterocycles. The van der Waals surface area contributed by atoms with Crippen LogP contribution in [0, 0.1) is 6.92 Å². The summed E-state index contributed by atoms with van der Waals surface area (Å²) in [6.45, 7) is 3.30. The van der Waals surface area contributed by atoms with Crippen molar-refractivity contribution in [1.82, 2.24) is 19.1 Å². The zero-order valence-corrected chi connectivity index (χ0v) is 12.4. The van der Waals surface area contributed by atoms with Crippen molar-refractivity contribution in [3.63, 3.8) is 0 Å². The number of hydrogen-bond donors (Lipinski definition) is 2. The summed E-state index contributed by atoms with van der Waals surface area (Å²) < 4.78 is 3.62. The molecule has 0 spiro atoms. The second-order valence-corrected chi connectivity index (χ2v) is 5.23. The molecule has 0 aliphatic rings. The smallest absolute Gasteiger partial charge is 0.328 e. The van der Waals surface area contributed by atoms with E-state index >= 15 is 0 Å². The molecule has 2 N–H and O–H groups in total. The second-order valence-electron chi connectivity index (χ2n) is 5.23. The van der Waals surface area contributed by atoms with Gasteiger partial charge in [-0.2, -0.15) is 0 Å². The maximum absolute atomic E-state index is 12.0. The number of aromatic hydroxyl groups is 1. The van der Waals surface area contributed by atoms with Crippen LogP contribution in [0.15, 0.2) is 47.7 Å². The van der Waals surface area contributed by atoms with Gasteiger partial charge in [-0.3, -0.25) is 9.55 Å². The molecule has 3 aromatic rings. The molecule has 0 amide bonds. The van der Waals surface area contributed by atoms with Gasteiger partial charge in [0.15, 0.2) is 0 Å². The normalized spacial score (nSPS) is 11.0. The molecule has 6 nitrogen and oxygen atoms in total. The molecule has 114 valence electrons. The van der Waals surface area contributed by atoms with E-state index in [0.29, 0.717) is 12.2 Å². The van der Waals surface area contributed by atoms with Crippen LogP contribution in [0.4, 0.5) is 0 Å². The number of nitrogens with one attached hydrogen (secondary N) is 1. The summed E-state index contributed by atoms with van der Waals surface area (Å²) in [5.74, 6) is -0.0880. The van der Waals surface area contributed by atoms with Crippen LogP contribution in [0.5, 0.6) is 5.88 Å². The molecule has 0 saturated carbocycles. The molecule has 0 bridgehead atoms. The molecular weight excluding hydrogens is 280 g/mol. The zero-order chi connectivity index (χ0) is 15.5. The quantitative estimate of drug-likeness (QED) is 0.757. The summed E-state index contributed by atoms with van der Waals surface area (Å²) in [4.78, 5) is 18.6. The van der Waals surface area contributed by atoms with E-state index in [0.717, 1.165) is 24.2 Å². The van der Waals surface area contributed by atoms with E-state index in [1.807, 2.05) is 48.0 Å². The minimum absolute atomic E-state index is 0.0880. The SMILES string of the molecule is Cc1cncn1CCCn1c(-c2ccccc2)c(O)[nH]c1=O. The molecule has 2 heterocycles. The number of aryl methyl sites for hydroxylation is 2. The number of hydrogen-bond acceptors (Lipinski definition) is 3. The van der Waals surface area contributed by atoms with Gasteiger partial charge in [-0.15, -0.1) is 0 Å². The summed E-state index contributed by atoms with van der Waals surface area (Å²) in [6.07, 6.45) is 4.36. The van der Waals surface area contributed by atoms with E-state index in [1.165, 1.54) is 0 Å². The first kappa shape index (κ1) is 14.2. The fourth-order valence-corrected chi connectivity index (χ4v) is 2.58. The lowest BCUT2D eigenvalue weighted by atomic mass is 10.1. The molecule has 3 rings (SSSR count). The van der Waals surface area contributed by atoms with Crippen molar-refractivity contribution in [2.45, 2.75) is 26.4 Å². The first-order valence-corrected chi connectivity index (χ1v) is 7.20. The minimum atomic E-state index is -0.293. The van der Waals surface area contributed by atoms with Crippen molar-refractivity contribution < 1.29 is 5.11 Å². The van der Waals surface area contributed by atoms with Crippen molar-refractivity contribution in [3.05, 3.63) is 59.0 Å². The third-order valence-electron chi connectivity index (χ3n) is 3.71. The number of aromatic amines is 1. The van der Waals surface area contributed by atoms with Gasteiger partial charge in [-0.1, -0.05) is 30.3 Å². The lowest BCUT2D eigenvalue weighted by molar-refractivity contribution is 0.457. The predicted molar refractivity (Wildman–Crippen MR) is 83.7 cm³/mol. The Hall–Kier alpha value is -2.76. The van der Waals surface area contributed by atoms with Crippen LogP contribution in [0.25, 0.3) is 11.3 Å². The van der Waals surface area contributed by atoms with Gasteiger partial charge in [0, 0.05) is 30.5 Å². The summed E-state index contributed by atoms with van der Waals surface area (Å²) in [5, 5.41) is 10.0. The fraction of sp³-hybridized carbons (Fsp3) is 0.250. The second kappa shape index (κ2) is 5.93. The largest absolute Gasteiger partial charge is 0.493 e. The van der Waals surface area contributed by atoms with E-state index < -0.39 is 0 Å². The summed E-state index contributed by atoms with van der Waals surface area (Å²) in [5.41, 5.74) is 2.15. The van der Waals surface area contributed by atoms with E-state index in [2.05, 4.69) is 9.97 Å². The van der Waals surface area contributed by atoms with Crippen LogP contribution in [-0.4, -0.2) is 24.2 Å². The van der Waals surface area contributed by atoms with Gasteiger partial charge in [0.05, 0.1) is 6.33 Å². The van der Waals surface area contributed by atoms with Crippen LogP contribution in [0.2, 0.25) is 0 Å². The third-order valence-corrected chi connectivity index (χ3v) is 3.71. The molecule has 0 atom stereocenters. The highest BCUT2D eigenvalue weighted by Crippen LogP contribution is 2.26. The Morgan fingerprint density at radius 3 is 2.68 bits per heavy atom. The van der Waals surface area contributed by atoms with E-state index in [9.17, 15) is 9.90 Å². The summed E-state index contributed by atoms with van der Waals surface area (Å²) in [7, 11) is 0. The summed E-state index contributed by atoms with van der Waals surface area (Å²) >= 11 is 0. The van der Waals surface area contributed by atoms with E-state index in [-0.39, 0.29) is 11.6 Å². The Kier molecular flexibility index (Phi) is 3.82. The molecule has 0 fully saturated rings. The van der Waals surface area contributed by atoms with Gasteiger partial charge in [-0.25, -0.2) is 9.78 Å². The Bertz CT molecular complexity index is 814. The lowest BCUT2D eigenvalue weighted by Crippen LogP contribution is -2.18. The van der Waals surface area contributed by atoms with Crippen molar-refractivity contribution in [1.29, 1.82) is 0 Å². The molecule has 1 aromatic carbocycles. The Labute approximate surface area is 127 Å². The third kappa shape index (κ3) is 2.67. The van der Waals surface area contributed by atoms with Gasteiger partial charge in [0.1, 0.15) is 5.69 Å². The predicted octanol–water partition coefficient (Wildman–Crippen LogP) is 2.14. The van der Waals surface area contributed by atoms with Gasteiger partial charge in [-0.05, 0) is 13.3 Å². The lowest BCUT2D eigenvalue weighted by Gasteiger charge is -2.09. The fourth-order valence-electron chi connectivity index (χ4n) is 2.58. The number of nitrogens with zero attached hydrogens (tertiary/aromatic N) is 3. The molecule has 6 heteroatoms. The van der Waals surface area contributed by atoms with E-state index in [1.54, 1.807) is 10.9 Å². The molecule has 22 heavy (non-hydrogen) atoms. The molecule has 2 aromatic heterocycles. The summed E-state index contributed by atoms with van der Waals surface area (Å²) in [6, 6.07) is 9.41.